The van der Waals surface area contributed by atoms with Gasteiger partial charge in [-0.25, -0.2) is 0 Å². The summed E-state index contributed by atoms with van der Waals surface area (Å²) in [5, 5.41) is 0. The molecule has 4 fully saturated rings. The highest BCUT2D eigenvalue weighted by Gasteiger charge is 2.58. The van der Waals surface area contributed by atoms with Crippen molar-refractivity contribution < 1.29 is 4.42 Å². The van der Waals surface area contributed by atoms with Gasteiger partial charge in [-0.1, -0.05) is 0 Å². The summed E-state index contributed by atoms with van der Waals surface area (Å²) in [6, 6.07) is 4.36. The van der Waals surface area contributed by atoms with Crippen molar-refractivity contribution >= 4 is 0 Å². The summed E-state index contributed by atoms with van der Waals surface area (Å²) in [4.78, 5) is 0. The van der Waals surface area contributed by atoms with Gasteiger partial charge < -0.3 is 10.2 Å². The van der Waals surface area contributed by atoms with Gasteiger partial charge in [0.05, 0.1) is 0 Å². The smallest absolute Gasteiger partial charge is 0.110 e. The molecule has 0 amide bonds. The van der Waals surface area contributed by atoms with Gasteiger partial charge in [-0.05, 0) is 81.4 Å². The molecule has 0 radical (unpaired) electrons. The average Bonchev–Trinajstić information content (AvgIpc) is 2.75. The molecule has 0 aliphatic heterocycles. The molecule has 98 valence electrons. The highest BCUT2D eigenvalue weighted by molar-refractivity contribution is 5.24. The lowest BCUT2D eigenvalue weighted by atomic mass is 9.43. The summed E-state index contributed by atoms with van der Waals surface area (Å²) in [7, 11) is 0. The average molecular weight is 245 g/mol. The van der Waals surface area contributed by atoms with Crippen LogP contribution < -0.4 is 5.73 Å². The predicted molar refractivity (Wildman–Crippen MR) is 71.3 cm³/mol. The molecule has 0 spiro atoms. The molecule has 18 heavy (non-hydrogen) atoms. The quantitative estimate of drug-likeness (QED) is 0.867. The van der Waals surface area contributed by atoms with Gasteiger partial charge >= 0.3 is 0 Å². The number of nitrogens with two attached hydrogens (primary N) is 1. The van der Waals surface area contributed by atoms with E-state index in [2.05, 4.69) is 19.1 Å². The van der Waals surface area contributed by atoms with Gasteiger partial charge in [0.1, 0.15) is 11.5 Å². The van der Waals surface area contributed by atoms with E-state index in [0.29, 0.717) is 10.8 Å². The van der Waals surface area contributed by atoms with E-state index in [1.54, 1.807) is 0 Å². The van der Waals surface area contributed by atoms with Crippen molar-refractivity contribution in [1.29, 1.82) is 0 Å². The molecular formula is C16H23NO. The topological polar surface area (TPSA) is 39.2 Å². The van der Waals surface area contributed by atoms with E-state index in [4.69, 9.17) is 10.2 Å². The summed E-state index contributed by atoms with van der Waals surface area (Å²) < 4.78 is 6.02. The second-order valence-electron chi connectivity index (χ2n) is 7.36. The van der Waals surface area contributed by atoms with E-state index in [0.717, 1.165) is 24.1 Å². The maximum atomic E-state index is 6.14. The third-order valence-corrected chi connectivity index (χ3v) is 5.88. The Kier molecular flexibility index (Phi) is 2.10. The summed E-state index contributed by atoms with van der Waals surface area (Å²) >= 11 is 0. The third-order valence-electron chi connectivity index (χ3n) is 5.88. The molecule has 4 aliphatic carbocycles. The van der Waals surface area contributed by atoms with Crippen LogP contribution in [0.5, 0.6) is 0 Å². The van der Waals surface area contributed by atoms with E-state index in [-0.39, 0.29) is 0 Å². The highest BCUT2D eigenvalue weighted by atomic mass is 16.3. The Balaban J connectivity index is 1.77. The van der Waals surface area contributed by atoms with Gasteiger partial charge in [0.25, 0.3) is 0 Å². The fourth-order valence-electron chi connectivity index (χ4n) is 5.70. The lowest BCUT2D eigenvalue weighted by Gasteiger charge is -2.61. The monoisotopic (exact) mass is 245 g/mol. The Labute approximate surface area is 109 Å². The van der Waals surface area contributed by atoms with Crippen LogP contribution in [0.3, 0.4) is 0 Å². The van der Waals surface area contributed by atoms with E-state index in [9.17, 15) is 0 Å². The van der Waals surface area contributed by atoms with Gasteiger partial charge in [0.2, 0.25) is 0 Å². The van der Waals surface area contributed by atoms with E-state index < -0.39 is 0 Å². The van der Waals surface area contributed by atoms with Crippen LogP contribution in [0.1, 0.15) is 50.0 Å². The van der Waals surface area contributed by atoms with Crippen molar-refractivity contribution in [3.05, 3.63) is 23.7 Å². The van der Waals surface area contributed by atoms with Crippen molar-refractivity contribution in [3.8, 4) is 0 Å². The van der Waals surface area contributed by atoms with Crippen molar-refractivity contribution in [3.63, 3.8) is 0 Å². The second kappa shape index (κ2) is 3.41. The number of furan rings is 1. The minimum atomic E-state index is 0.331. The Hall–Kier alpha value is -0.760. The lowest BCUT2D eigenvalue weighted by Crippen LogP contribution is -2.56. The van der Waals surface area contributed by atoms with E-state index >= 15 is 0 Å². The Morgan fingerprint density at radius 1 is 1.22 bits per heavy atom. The predicted octanol–water partition coefficient (Wildman–Crippen LogP) is 3.38. The molecule has 2 atom stereocenters. The van der Waals surface area contributed by atoms with Gasteiger partial charge in [0, 0.05) is 5.41 Å². The van der Waals surface area contributed by atoms with Crippen LogP contribution in [0.25, 0.3) is 0 Å². The summed E-state index contributed by atoms with van der Waals surface area (Å²) in [6.45, 7) is 2.93. The number of rotatable bonds is 2. The molecule has 4 saturated carbocycles. The van der Waals surface area contributed by atoms with Crippen LogP contribution in [-0.4, -0.2) is 6.54 Å². The molecule has 4 aliphatic rings. The molecule has 2 unspecified atom stereocenters. The SMILES string of the molecule is Cc1ccc(C23CC4CC(CC(CN)(C4)C2)C3)o1. The molecule has 5 rings (SSSR count). The molecule has 0 saturated heterocycles. The molecule has 1 heterocycles. The molecule has 1 aromatic heterocycles. The van der Waals surface area contributed by atoms with Gasteiger partial charge in [-0.2, -0.15) is 0 Å². The first-order valence-electron chi connectivity index (χ1n) is 7.40. The molecule has 1 aromatic rings. The lowest BCUT2D eigenvalue weighted by molar-refractivity contribution is -0.0740. The van der Waals surface area contributed by atoms with Crippen LogP contribution in [0.4, 0.5) is 0 Å². The summed E-state index contributed by atoms with van der Waals surface area (Å²) in [5.41, 5.74) is 6.91. The van der Waals surface area contributed by atoms with Crippen LogP contribution in [0.15, 0.2) is 16.5 Å². The Bertz CT molecular complexity index is 461. The zero-order chi connectivity index (χ0) is 12.4. The summed E-state index contributed by atoms with van der Waals surface area (Å²) in [6.07, 6.45) is 8.17. The van der Waals surface area contributed by atoms with Crippen molar-refractivity contribution in [2.75, 3.05) is 6.54 Å². The van der Waals surface area contributed by atoms with Gasteiger partial charge in [0.15, 0.2) is 0 Å². The standard InChI is InChI=1S/C16H23NO/c1-11-2-3-14(18-11)16-7-12-4-13(8-16)6-15(5-12,9-16)10-17/h2-3,12-13H,4-10,17H2,1H3. The first-order chi connectivity index (χ1) is 8.63. The molecule has 4 bridgehead atoms. The van der Waals surface area contributed by atoms with Gasteiger partial charge in [-0.3, -0.25) is 0 Å². The summed E-state index contributed by atoms with van der Waals surface area (Å²) in [5.74, 6) is 4.12. The Morgan fingerprint density at radius 2 is 1.94 bits per heavy atom. The second-order valence-corrected chi connectivity index (χ2v) is 7.36. The Morgan fingerprint density at radius 3 is 2.50 bits per heavy atom. The number of aryl methyl sites for hydroxylation is 1. The number of hydrogen-bond acceptors (Lipinski definition) is 2. The maximum Gasteiger partial charge on any atom is 0.110 e. The van der Waals surface area contributed by atoms with Crippen molar-refractivity contribution in [1.82, 2.24) is 0 Å². The number of hydrogen-bond donors (Lipinski definition) is 1. The zero-order valence-corrected chi connectivity index (χ0v) is 11.2. The largest absolute Gasteiger partial charge is 0.466 e. The highest BCUT2D eigenvalue weighted by Crippen LogP contribution is 2.65. The molecule has 2 heteroatoms. The first-order valence-corrected chi connectivity index (χ1v) is 7.40. The van der Waals surface area contributed by atoms with Crippen LogP contribution in [-0.2, 0) is 5.41 Å². The van der Waals surface area contributed by atoms with Crippen LogP contribution in [0, 0.1) is 24.2 Å². The van der Waals surface area contributed by atoms with Gasteiger partial charge in [-0.15, -0.1) is 0 Å². The zero-order valence-electron chi connectivity index (χ0n) is 11.2. The first kappa shape index (κ1) is 11.1. The van der Waals surface area contributed by atoms with E-state index in [1.807, 2.05) is 0 Å². The van der Waals surface area contributed by atoms with Crippen LogP contribution >= 0.6 is 0 Å². The molecule has 0 aromatic carbocycles. The molecular weight excluding hydrogens is 222 g/mol. The minimum absolute atomic E-state index is 0.331. The fraction of sp³-hybridized carbons (Fsp3) is 0.750. The van der Waals surface area contributed by atoms with E-state index in [1.165, 1.54) is 44.3 Å². The van der Waals surface area contributed by atoms with Crippen LogP contribution in [0.2, 0.25) is 0 Å². The molecule has 2 N–H and O–H groups in total. The fourth-order valence-corrected chi connectivity index (χ4v) is 5.70. The minimum Gasteiger partial charge on any atom is -0.466 e. The van der Waals surface area contributed by atoms with Crippen molar-refractivity contribution in [2.45, 2.75) is 50.9 Å². The normalized spacial score (nSPS) is 45.7. The maximum absolute atomic E-state index is 6.14. The molecule has 2 nitrogen and oxygen atoms in total. The van der Waals surface area contributed by atoms with Crippen molar-refractivity contribution in [2.24, 2.45) is 23.0 Å². The third kappa shape index (κ3) is 1.38.